The molecule has 0 aliphatic carbocycles. The summed E-state index contributed by atoms with van der Waals surface area (Å²) < 4.78 is 24.5. The molecular formula is C18H16BrFO4. The van der Waals surface area contributed by atoms with Gasteiger partial charge in [0.15, 0.2) is 6.61 Å². The van der Waals surface area contributed by atoms with Gasteiger partial charge in [-0.1, -0.05) is 28.1 Å². The smallest absolute Gasteiger partial charge is 0.341 e. The summed E-state index contributed by atoms with van der Waals surface area (Å²) in [5.74, 6) is -0.153. The minimum Gasteiger partial charge on any atom is -0.489 e. The number of halogens is 2. The fraction of sp³-hybridized carbons (Fsp3) is 0.167. The minimum atomic E-state index is -1.02. The molecule has 1 N–H and O–H groups in total. The van der Waals surface area contributed by atoms with Gasteiger partial charge in [-0.05, 0) is 54.5 Å². The molecule has 0 aromatic heterocycles. The zero-order valence-corrected chi connectivity index (χ0v) is 14.5. The summed E-state index contributed by atoms with van der Waals surface area (Å²) in [6, 6.07) is 11.3. The molecule has 0 fully saturated rings. The molecule has 0 saturated carbocycles. The predicted molar refractivity (Wildman–Crippen MR) is 93.1 cm³/mol. The Kier molecular flexibility index (Phi) is 6.37. The first kappa shape index (κ1) is 18.0. The summed E-state index contributed by atoms with van der Waals surface area (Å²) >= 11 is 3.43. The van der Waals surface area contributed by atoms with Gasteiger partial charge in [0.1, 0.15) is 23.9 Å². The zero-order valence-electron chi connectivity index (χ0n) is 13.0. The molecule has 0 atom stereocenters. The molecule has 2 rings (SSSR count). The highest BCUT2D eigenvalue weighted by atomic mass is 79.9. The average molecular weight is 395 g/mol. The Balaban J connectivity index is 1.94. The van der Waals surface area contributed by atoms with Gasteiger partial charge in [0, 0.05) is 4.48 Å². The van der Waals surface area contributed by atoms with E-state index in [0.29, 0.717) is 18.1 Å². The summed E-state index contributed by atoms with van der Waals surface area (Å²) in [6.07, 6.45) is 1.83. The van der Waals surface area contributed by atoms with E-state index in [-0.39, 0.29) is 12.4 Å². The molecule has 2 aromatic carbocycles. The molecule has 0 amide bonds. The number of rotatable bonds is 7. The zero-order chi connectivity index (χ0) is 17.5. The van der Waals surface area contributed by atoms with Gasteiger partial charge in [-0.25, -0.2) is 9.18 Å². The maximum absolute atomic E-state index is 12.9. The molecule has 0 aliphatic heterocycles. The standard InChI is InChI=1S/C18H16BrFO4/c1-12-10-15(6-7-17(12)24-11-18(21)22)23-9-8-16(19)13-2-4-14(20)5-3-13/h2-8,10H,9,11H2,1H3,(H,21,22). The normalized spacial score (nSPS) is 11.2. The van der Waals surface area contributed by atoms with E-state index in [4.69, 9.17) is 14.6 Å². The first-order valence-electron chi connectivity index (χ1n) is 7.15. The molecule has 0 radical (unpaired) electrons. The molecule has 0 heterocycles. The average Bonchev–Trinajstić information content (AvgIpc) is 2.54. The predicted octanol–water partition coefficient (Wildman–Crippen LogP) is 4.41. The van der Waals surface area contributed by atoms with Gasteiger partial charge < -0.3 is 14.6 Å². The highest BCUT2D eigenvalue weighted by Gasteiger charge is 2.05. The quantitative estimate of drug-likeness (QED) is 0.755. The molecule has 0 bridgehead atoms. The number of ether oxygens (including phenoxy) is 2. The van der Waals surface area contributed by atoms with E-state index in [9.17, 15) is 9.18 Å². The number of aliphatic carboxylic acids is 1. The summed E-state index contributed by atoms with van der Waals surface area (Å²) in [7, 11) is 0. The van der Waals surface area contributed by atoms with Crippen LogP contribution in [0.15, 0.2) is 48.5 Å². The number of carboxylic acid groups (broad SMARTS) is 1. The molecule has 126 valence electrons. The number of hydrogen-bond donors (Lipinski definition) is 1. The lowest BCUT2D eigenvalue weighted by Gasteiger charge is -2.10. The lowest BCUT2D eigenvalue weighted by atomic mass is 10.2. The first-order chi connectivity index (χ1) is 11.5. The summed E-state index contributed by atoms with van der Waals surface area (Å²) in [4.78, 5) is 10.5. The van der Waals surface area contributed by atoms with Crippen molar-refractivity contribution in [2.45, 2.75) is 6.92 Å². The topological polar surface area (TPSA) is 55.8 Å². The van der Waals surface area contributed by atoms with Crippen molar-refractivity contribution in [3.63, 3.8) is 0 Å². The second kappa shape index (κ2) is 8.49. The lowest BCUT2D eigenvalue weighted by molar-refractivity contribution is -0.139. The third kappa shape index (κ3) is 5.38. The Bertz CT molecular complexity index is 741. The van der Waals surface area contributed by atoms with E-state index in [1.165, 1.54) is 12.1 Å². The van der Waals surface area contributed by atoms with Crippen LogP contribution in [0.3, 0.4) is 0 Å². The molecule has 6 heteroatoms. The van der Waals surface area contributed by atoms with E-state index in [0.717, 1.165) is 15.6 Å². The number of hydrogen-bond acceptors (Lipinski definition) is 3. The Morgan fingerprint density at radius 1 is 1.21 bits per heavy atom. The van der Waals surface area contributed by atoms with Crippen LogP contribution in [0.2, 0.25) is 0 Å². The minimum absolute atomic E-state index is 0.281. The molecule has 2 aromatic rings. The van der Waals surface area contributed by atoms with Crippen LogP contribution >= 0.6 is 15.9 Å². The Labute approximate surface area is 147 Å². The maximum Gasteiger partial charge on any atom is 0.341 e. The van der Waals surface area contributed by atoms with Crippen LogP contribution in [0, 0.1) is 12.7 Å². The fourth-order valence-corrected chi connectivity index (χ4v) is 2.35. The van der Waals surface area contributed by atoms with E-state index in [1.54, 1.807) is 30.3 Å². The maximum atomic E-state index is 12.9. The third-order valence-corrected chi connectivity index (χ3v) is 3.91. The van der Waals surface area contributed by atoms with Crippen molar-refractivity contribution in [1.82, 2.24) is 0 Å². The monoisotopic (exact) mass is 394 g/mol. The molecule has 0 aliphatic rings. The van der Waals surface area contributed by atoms with Crippen LogP contribution < -0.4 is 9.47 Å². The second-order valence-corrected chi connectivity index (χ2v) is 5.83. The van der Waals surface area contributed by atoms with Gasteiger partial charge in [-0.3, -0.25) is 0 Å². The first-order valence-corrected chi connectivity index (χ1v) is 7.94. The molecule has 0 spiro atoms. The van der Waals surface area contributed by atoms with E-state index < -0.39 is 5.97 Å². The lowest BCUT2D eigenvalue weighted by Crippen LogP contribution is -2.10. The molecular weight excluding hydrogens is 379 g/mol. The summed E-state index contributed by atoms with van der Waals surface area (Å²) in [6.45, 7) is 1.76. The number of carbonyl (C=O) groups is 1. The highest BCUT2D eigenvalue weighted by molar-refractivity contribution is 9.15. The van der Waals surface area contributed by atoms with Gasteiger partial charge >= 0.3 is 5.97 Å². The molecule has 4 nitrogen and oxygen atoms in total. The van der Waals surface area contributed by atoms with Crippen LogP contribution in [0.25, 0.3) is 4.48 Å². The Hall–Kier alpha value is -2.34. The summed E-state index contributed by atoms with van der Waals surface area (Å²) in [5.41, 5.74) is 1.64. The Morgan fingerprint density at radius 3 is 2.54 bits per heavy atom. The van der Waals surface area contributed by atoms with Crippen LogP contribution in [-0.2, 0) is 4.79 Å². The Morgan fingerprint density at radius 2 is 1.92 bits per heavy atom. The highest BCUT2D eigenvalue weighted by Crippen LogP contribution is 2.24. The number of benzene rings is 2. The van der Waals surface area contributed by atoms with Crippen LogP contribution in [0.4, 0.5) is 4.39 Å². The fourth-order valence-electron chi connectivity index (χ4n) is 1.95. The van der Waals surface area contributed by atoms with Crippen LogP contribution in [-0.4, -0.2) is 24.3 Å². The molecule has 0 unspecified atom stereocenters. The van der Waals surface area contributed by atoms with Crippen molar-refractivity contribution >= 4 is 26.4 Å². The second-order valence-electron chi connectivity index (χ2n) is 4.98. The summed E-state index contributed by atoms with van der Waals surface area (Å²) in [5, 5.41) is 8.62. The van der Waals surface area contributed by atoms with Crippen molar-refractivity contribution in [3.8, 4) is 11.5 Å². The van der Waals surface area contributed by atoms with Gasteiger partial charge in [0.25, 0.3) is 0 Å². The number of carboxylic acids is 1. The van der Waals surface area contributed by atoms with E-state index in [1.807, 2.05) is 13.0 Å². The number of aryl methyl sites for hydroxylation is 1. The van der Waals surface area contributed by atoms with Gasteiger partial charge in [-0.2, -0.15) is 0 Å². The third-order valence-electron chi connectivity index (χ3n) is 3.13. The van der Waals surface area contributed by atoms with Crippen LogP contribution in [0.1, 0.15) is 11.1 Å². The largest absolute Gasteiger partial charge is 0.489 e. The van der Waals surface area contributed by atoms with Crippen molar-refractivity contribution in [2.75, 3.05) is 13.2 Å². The van der Waals surface area contributed by atoms with Crippen molar-refractivity contribution in [2.24, 2.45) is 0 Å². The SMILES string of the molecule is Cc1cc(OCC=C(Br)c2ccc(F)cc2)ccc1OCC(=O)O. The van der Waals surface area contributed by atoms with Gasteiger partial charge in [0.05, 0.1) is 0 Å². The molecule has 24 heavy (non-hydrogen) atoms. The van der Waals surface area contributed by atoms with Crippen molar-refractivity contribution < 1.29 is 23.8 Å². The van der Waals surface area contributed by atoms with Gasteiger partial charge in [0.2, 0.25) is 0 Å². The van der Waals surface area contributed by atoms with Crippen LogP contribution in [0.5, 0.6) is 11.5 Å². The van der Waals surface area contributed by atoms with Crippen molar-refractivity contribution in [1.29, 1.82) is 0 Å². The van der Waals surface area contributed by atoms with Gasteiger partial charge in [-0.15, -0.1) is 0 Å². The van der Waals surface area contributed by atoms with E-state index in [2.05, 4.69) is 15.9 Å². The van der Waals surface area contributed by atoms with E-state index >= 15 is 0 Å². The molecule has 0 saturated heterocycles. The van der Waals surface area contributed by atoms with Crippen molar-refractivity contribution in [3.05, 3.63) is 65.5 Å².